The van der Waals surface area contributed by atoms with Crippen molar-refractivity contribution in [2.45, 2.75) is 330 Å². The van der Waals surface area contributed by atoms with E-state index in [2.05, 4.69) is 65.0 Å². The molecule has 3 aliphatic carbocycles. The molecule has 8 rings (SSSR count). The Morgan fingerprint density at radius 1 is 0.462 bits per heavy atom. The monoisotopic (exact) mass is 1500 g/mol. The second-order valence-corrected chi connectivity index (χ2v) is 33.7. The van der Waals surface area contributed by atoms with Crippen molar-refractivity contribution in [1.82, 2.24) is 0 Å². The van der Waals surface area contributed by atoms with E-state index in [-0.39, 0.29) is 39.6 Å². The maximum Gasteiger partial charge on any atom is 0.421 e. The molecule has 0 amide bonds. The predicted molar refractivity (Wildman–Crippen MR) is 404 cm³/mol. The third kappa shape index (κ3) is 24.9. The van der Waals surface area contributed by atoms with E-state index in [4.69, 9.17) is 37.9 Å². The van der Waals surface area contributed by atoms with Crippen molar-refractivity contribution in [3.8, 4) is 11.5 Å². The van der Waals surface area contributed by atoms with Gasteiger partial charge in [0.1, 0.15) is 23.7 Å². The van der Waals surface area contributed by atoms with Gasteiger partial charge in [-0.1, -0.05) is 211 Å². The quantitative estimate of drug-likeness (QED) is 0.0230. The Morgan fingerprint density at radius 3 is 1.28 bits per heavy atom. The summed E-state index contributed by atoms with van der Waals surface area (Å²) in [5.41, 5.74) is -5.13. The van der Waals surface area contributed by atoms with E-state index in [9.17, 15) is 49.1 Å². The highest BCUT2D eigenvalue weighted by atomic mass is 19.4. The molecule has 10 nitrogen and oxygen atoms in total. The van der Waals surface area contributed by atoms with Gasteiger partial charge in [0, 0.05) is 12.0 Å². The minimum Gasteiger partial charge on any atom is -0.465 e. The molecule has 7 unspecified atom stereocenters. The van der Waals surface area contributed by atoms with E-state index in [0.717, 1.165) is 82.3 Å². The smallest absolute Gasteiger partial charge is 0.421 e. The number of alkyl halides is 9. The van der Waals surface area contributed by atoms with Gasteiger partial charge < -0.3 is 37.9 Å². The SMILES string of the molecule is CC(OCCC1CCCCC1)Oc1ccc2c3c(cccc13)C(C)C2C.CCC(C)(C)C(=O)Oc1ccc(C(C)(OC(C)OCCC2CCCCC2)C(F)(F)F)cc1.CCC(C)(C)c1ccc(C(C)(OC(C)(C)C)C(F)(F)F)cc1.CCC(C)(C)c1ccc(C(C)(OCC(=O)OC(C)(C)C)C(F)(F)F)cc1. The van der Waals surface area contributed by atoms with Gasteiger partial charge in [0.05, 0.1) is 17.6 Å². The van der Waals surface area contributed by atoms with Gasteiger partial charge in [-0.15, -0.1) is 0 Å². The summed E-state index contributed by atoms with van der Waals surface area (Å²) in [7, 11) is 0. The molecule has 0 bridgehead atoms. The van der Waals surface area contributed by atoms with Crippen molar-refractivity contribution >= 4 is 22.7 Å². The summed E-state index contributed by atoms with van der Waals surface area (Å²) in [6, 6.07) is 29.1. The first kappa shape index (κ1) is 90.9. The molecule has 0 N–H and O–H groups in total. The summed E-state index contributed by atoms with van der Waals surface area (Å²) in [6.45, 7) is 39.1. The van der Waals surface area contributed by atoms with Crippen molar-refractivity contribution in [1.29, 1.82) is 0 Å². The molecule has 7 atom stereocenters. The molecule has 0 heterocycles. The molecule has 106 heavy (non-hydrogen) atoms. The van der Waals surface area contributed by atoms with Gasteiger partial charge in [0.2, 0.25) is 0 Å². The molecule has 0 aliphatic heterocycles. The average molecular weight is 1500 g/mol. The fourth-order valence-electron chi connectivity index (χ4n) is 13.4. The maximum atomic E-state index is 14.0. The van der Waals surface area contributed by atoms with Crippen LogP contribution in [0.5, 0.6) is 11.5 Å². The fraction of sp³-hybridized carbons (Fsp3) is 0.655. The number of esters is 2. The van der Waals surface area contributed by atoms with Gasteiger partial charge in [-0.05, 0) is 219 Å². The van der Waals surface area contributed by atoms with E-state index in [1.54, 1.807) is 79.7 Å². The zero-order chi connectivity index (χ0) is 79.9. The van der Waals surface area contributed by atoms with E-state index in [1.807, 2.05) is 34.6 Å². The second-order valence-electron chi connectivity index (χ2n) is 33.7. The number of halogens is 9. The molecule has 5 aromatic rings. The summed E-state index contributed by atoms with van der Waals surface area (Å²) < 4.78 is 168. The lowest BCUT2D eigenvalue weighted by atomic mass is 9.81. The van der Waals surface area contributed by atoms with Gasteiger partial charge in [-0.3, -0.25) is 4.79 Å². The predicted octanol–water partition coefficient (Wildman–Crippen LogP) is 25.4. The van der Waals surface area contributed by atoms with Gasteiger partial charge in [0.15, 0.2) is 29.4 Å². The Hall–Kier alpha value is -5.73. The van der Waals surface area contributed by atoms with Crippen molar-refractivity contribution < 1.29 is 87.0 Å². The lowest BCUT2D eigenvalue weighted by Gasteiger charge is -2.38. The maximum absolute atomic E-state index is 14.0. The summed E-state index contributed by atoms with van der Waals surface area (Å²) in [5, 5.41) is 2.64. The van der Waals surface area contributed by atoms with Crippen LogP contribution in [0, 0.1) is 17.3 Å². The minimum atomic E-state index is -4.68. The van der Waals surface area contributed by atoms with Gasteiger partial charge >= 0.3 is 30.5 Å². The lowest BCUT2D eigenvalue weighted by Crippen LogP contribution is -2.46. The minimum absolute atomic E-state index is 0.0517. The Morgan fingerprint density at radius 2 is 0.868 bits per heavy atom. The number of carbonyl (C=O) groups excluding carboxylic acids is 2. The molecule has 2 fully saturated rings. The van der Waals surface area contributed by atoms with Crippen LogP contribution < -0.4 is 9.47 Å². The van der Waals surface area contributed by atoms with Crippen LogP contribution in [0.2, 0.25) is 0 Å². The standard InChI is InChI=1S/C25H37F3O4.C24H32O2.C20H29F3O3.C18H27F3O/c1-6-23(3,4)22(29)31-21-14-12-20(13-15-21)24(5,25(26,27)28)32-18(2)30-17-16-19-10-8-7-9-11-19;1-16-17(2)21-12-13-23(22-11-7-10-20(16)24(21)22)26-18(3)25-15-14-19-8-5-4-6-9-19;1-8-18(5,6)14-9-11-15(12-10-14)19(7,20(21,22)23)25-13-16(24)26-17(2,3)4;1-8-16(5,6)13-9-11-14(12-10-13)17(7,18(19,20)21)22-15(2,3)4/h12-15,18-19H,6-11,16-17H2,1-5H3;7,10-13,16-19H,4-6,8-9,14-15H2,1-3H3;9-12H,8,13H2,1-7H3;9-12H,8H2,1-7H3. The molecule has 19 heteroatoms. The molecule has 596 valence electrons. The van der Waals surface area contributed by atoms with Gasteiger partial charge in [-0.25, -0.2) is 4.79 Å². The van der Waals surface area contributed by atoms with Crippen LogP contribution in [0.15, 0.2) is 103 Å². The number of benzene rings is 5. The average Bonchev–Trinajstić information content (AvgIpc) is 1.53. The van der Waals surface area contributed by atoms with Crippen molar-refractivity contribution in [3.63, 3.8) is 0 Å². The molecule has 5 aromatic carbocycles. The van der Waals surface area contributed by atoms with E-state index in [0.29, 0.717) is 30.8 Å². The zero-order valence-corrected chi connectivity index (χ0v) is 67.5. The van der Waals surface area contributed by atoms with E-state index in [1.165, 1.54) is 135 Å². The highest BCUT2D eigenvalue weighted by Crippen LogP contribution is 2.50. The Kier molecular flexibility index (Phi) is 32.0. The first-order chi connectivity index (χ1) is 48.9. The van der Waals surface area contributed by atoms with Crippen molar-refractivity contribution in [2.75, 3.05) is 19.8 Å². The molecule has 0 spiro atoms. The summed E-state index contributed by atoms with van der Waals surface area (Å²) >= 11 is 0. The van der Waals surface area contributed by atoms with Crippen LogP contribution in [0.3, 0.4) is 0 Å². The molecular weight excluding hydrogens is 1380 g/mol. The Labute approximate surface area is 628 Å². The second kappa shape index (κ2) is 37.3. The van der Waals surface area contributed by atoms with Crippen molar-refractivity contribution in [3.05, 3.63) is 142 Å². The van der Waals surface area contributed by atoms with Crippen LogP contribution >= 0.6 is 0 Å². The molecule has 0 radical (unpaired) electrons. The number of hydrogen-bond acceptors (Lipinski definition) is 10. The topological polar surface area (TPSA) is 108 Å². The van der Waals surface area contributed by atoms with Crippen LogP contribution in [0.1, 0.15) is 299 Å². The normalized spacial score (nSPS) is 18.8. The first-order valence-electron chi connectivity index (χ1n) is 38.3. The summed E-state index contributed by atoms with van der Waals surface area (Å²) in [4.78, 5) is 24.0. The highest BCUT2D eigenvalue weighted by Gasteiger charge is 2.57. The van der Waals surface area contributed by atoms with Gasteiger partial charge in [0.25, 0.3) is 0 Å². The van der Waals surface area contributed by atoms with Crippen LogP contribution in [-0.4, -0.2) is 74.1 Å². The number of rotatable bonds is 26. The first-order valence-corrected chi connectivity index (χ1v) is 38.3. The third-order valence-corrected chi connectivity index (χ3v) is 22.0. The summed E-state index contributed by atoms with van der Waals surface area (Å²) in [6.07, 6.45) is 2.30. The van der Waals surface area contributed by atoms with Crippen LogP contribution in [-0.2, 0) is 65.6 Å². The molecule has 3 aliphatic rings. The number of hydrogen-bond donors (Lipinski definition) is 0. The largest absolute Gasteiger partial charge is 0.465 e. The van der Waals surface area contributed by atoms with E-state index >= 15 is 0 Å². The van der Waals surface area contributed by atoms with Crippen LogP contribution in [0.4, 0.5) is 39.5 Å². The van der Waals surface area contributed by atoms with Crippen LogP contribution in [0.25, 0.3) is 10.8 Å². The van der Waals surface area contributed by atoms with Gasteiger partial charge in [-0.2, -0.15) is 39.5 Å². The number of carbonyl (C=O) groups is 2. The Balaban J connectivity index is 0.000000256. The van der Waals surface area contributed by atoms with E-state index < -0.39 is 76.8 Å². The summed E-state index contributed by atoms with van der Waals surface area (Å²) in [5.74, 6) is 2.48. The molecule has 0 saturated heterocycles. The molecule has 2 saturated carbocycles. The lowest BCUT2D eigenvalue weighted by molar-refractivity contribution is -0.321. The highest BCUT2D eigenvalue weighted by molar-refractivity contribution is 5.96. The van der Waals surface area contributed by atoms with Crippen molar-refractivity contribution in [2.24, 2.45) is 17.3 Å². The zero-order valence-electron chi connectivity index (χ0n) is 67.5. The fourth-order valence-corrected chi connectivity index (χ4v) is 13.4. The molecule has 0 aromatic heterocycles. The Bertz CT molecular complexity index is 3500. The number of ether oxygens (including phenoxy) is 8. The molecular formula is C87H125F9O10. The third-order valence-electron chi connectivity index (χ3n) is 22.0.